The highest BCUT2D eigenvalue weighted by Gasteiger charge is 2.36. The largest absolute Gasteiger partial charge is 0.337 e. The maximum Gasteiger partial charge on any atom is 0.244 e. The normalized spacial score (nSPS) is 18.6. The molecule has 1 unspecified atom stereocenters. The van der Waals surface area contributed by atoms with Crippen LogP contribution in [0.2, 0.25) is 0 Å². The van der Waals surface area contributed by atoms with Crippen molar-refractivity contribution >= 4 is 33.2 Å². The summed E-state index contributed by atoms with van der Waals surface area (Å²) >= 11 is 0. The molecular formula is C18H21ClN4O2S. The highest BCUT2D eigenvalue weighted by molar-refractivity contribution is 7.89. The van der Waals surface area contributed by atoms with Crippen molar-refractivity contribution in [2.45, 2.75) is 10.9 Å². The molecule has 1 atom stereocenters. The van der Waals surface area contributed by atoms with Crippen LogP contribution in [0.15, 0.2) is 59.8 Å². The Morgan fingerprint density at radius 1 is 1.15 bits per heavy atom. The molecule has 1 aromatic heterocycles. The Bertz CT molecular complexity index is 1010. The topological polar surface area (TPSA) is 67.2 Å². The zero-order chi connectivity index (χ0) is 17.4. The van der Waals surface area contributed by atoms with Crippen LogP contribution in [0.3, 0.4) is 0 Å². The minimum absolute atomic E-state index is 0. The van der Waals surface area contributed by atoms with Gasteiger partial charge >= 0.3 is 0 Å². The average molecular weight is 393 g/mol. The van der Waals surface area contributed by atoms with Crippen molar-refractivity contribution in [2.24, 2.45) is 7.05 Å². The van der Waals surface area contributed by atoms with Crippen LogP contribution in [0.4, 0.5) is 0 Å². The lowest BCUT2D eigenvalue weighted by molar-refractivity contribution is 0.258. The fourth-order valence-electron chi connectivity index (χ4n) is 3.44. The van der Waals surface area contributed by atoms with Gasteiger partial charge in [0.1, 0.15) is 5.82 Å². The third kappa shape index (κ3) is 3.12. The van der Waals surface area contributed by atoms with Crippen molar-refractivity contribution in [1.29, 1.82) is 0 Å². The summed E-state index contributed by atoms with van der Waals surface area (Å²) in [7, 11) is -1.75. The van der Waals surface area contributed by atoms with E-state index in [0.29, 0.717) is 24.5 Å². The number of halogens is 1. The first kappa shape index (κ1) is 18.8. The molecule has 1 aliphatic heterocycles. The second kappa shape index (κ2) is 7.36. The molecule has 1 aliphatic rings. The van der Waals surface area contributed by atoms with Gasteiger partial charge in [-0.1, -0.05) is 36.4 Å². The predicted molar refractivity (Wildman–Crippen MR) is 104 cm³/mol. The number of sulfonamides is 1. The number of benzene rings is 2. The summed E-state index contributed by atoms with van der Waals surface area (Å²) in [6, 6.07) is 12.7. The van der Waals surface area contributed by atoms with E-state index in [1.165, 1.54) is 0 Å². The van der Waals surface area contributed by atoms with Crippen molar-refractivity contribution in [3.8, 4) is 0 Å². The van der Waals surface area contributed by atoms with E-state index >= 15 is 0 Å². The standard InChI is InChI=1S/C18H20N4O2S.ClH/c1-21-11-10-20-18(21)16-13-19-9-12-22(16)25(23,24)17-8-4-6-14-5-2-3-7-15(14)17;/h2-8,10-11,16,19H,9,12-13H2,1H3;1H. The second-order valence-corrected chi connectivity index (χ2v) is 8.07. The summed E-state index contributed by atoms with van der Waals surface area (Å²) in [5.41, 5.74) is 0. The number of hydrogen-bond donors (Lipinski definition) is 1. The Hall–Kier alpha value is -1.93. The fraction of sp³-hybridized carbons (Fsp3) is 0.278. The molecule has 0 bridgehead atoms. The molecule has 0 aliphatic carbocycles. The molecule has 6 nitrogen and oxygen atoms in total. The summed E-state index contributed by atoms with van der Waals surface area (Å²) in [5.74, 6) is 0.746. The molecule has 8 heteroatoms. The van der Waals surface area contributed by atoms with Crippen LogP contribution >= 0.6 is 12.4 Å². The molecule has 1 N–H and O–H groups in total. The van der Waals surface area contributed by atoms with Gasteiger partial charge in [0.15, 0.2) is 0 Å². The van der Waals surface area contributed by atoms with Gasteiger partial charge in [-0.2, -0.15) is 4.31 Å². The van der Waals surface area contributed by atoms with E-state index in [2.05, 4.69) is 10.3 Å². The van der Waals surface area contributed by atoms with Crippen molar-refractivity contribution in [1.82, 2.24) is 19.2 Å². The Kier molecular flexibility index (Phi) is 5.34. The summed E-state index contributed by atoms with van der Waals surface area (Å²) < 4.78 is 30.4. The molecule has 0 radical (unpaired) electrons. The van der Waals surface area contributed by atoms with Crippen LogP contribution in [0.1, 0.15) is 11.9 Å². The van der Waals surface area contributed by atoms with Gasteiger partial charge in [0.25, 0.3) is 0 Å². The number of nitrogens with zero attached hydrogens (tertiary/aromatic N) is 3. The quantitative estimate of drug-likeness (QED) is 0.742. The predicted octanol–water partition coefficient (Wildman–Crippen LogP) is 2.33. The molecule has 0 spiro atoms. The number of hydrogen-bond acceptors (Lipinski definition) is 4. The van der Waals surface area contributed by atoms with Crippen LogP contribution < -0.4 is 5.32 Å². The molecule has 1 fully saturated rings. The van der Waals surface area contributed by atoms with E-state index in [1.54, 1.807) is 22.6 Å². The fourth-order valence-corrected chi connectivity index (χ4v) is 5.24. The number of nitrogens with one attached hydrogen (secondary N) is 1. The van der Waals surface area contributed by atoms with Crippen LogP contribution in [-0.4, -0.2) is 41.9 Å². The van der Waals surface area contributed by atoms with Crippen molar-refractivity contribution in [3.63, 3.8) is 0 Å². The Labute approximate surface area is 159 Å². The second-order valence-electron chi connectivity index (χ2n) is 6.21. The first-order chi connectivity index (χ1) is 12.1. The third-order valence-electron chi connectivity index (χ3n) is 4.69. The minimum atomic E-state index is -3.64. The zero-order valence-corrected chi connectivity index (χ0v) is 16.0. The van der Waals surface area contributed by atoms with Gasteiger partial charge in [0, 0.05) is 44.5 Å². The van der Waals surface area contributed by atoms with Crippen LogP contribution in [-0.2, 0) is 17.1 Å². The molecular weight excluding hydrogens is 372 g/mol. The van der Waals surface area contributed by atoms with E-state index in [1.807, 2.05) is 48.1 Å². The SMILES string of the molecule is Cl.Cn1ccnc1C1CNCCN1S(=O)(=O)c1cccc2ccccc12. The lowest BCUT2D eigenvalue weighted by Gasteiger charge is -2.34. The number of fused-ring (bicyclic) bond motifs is 1. The van der Waals surface area contributed by atoms with Crippen molar-refractivity contribution in [2.75, 3.05) is 19.6 Å². The Balaban J connectivity index is 0.00000196. The summed E-state index contributed by atoms with van der Waals surface area (Å²) in [6.07, 6.45) is 3.54. The average Bonchev–Trinajstić information content (AvgIpc) is 3.07. The molecule has 4 rings (SSSR count). The monoisotopic (exact) mass is 392 g/mol. The molecule has 0 saturated carbocycles. The van der Waals surface area contributed by atoms with E-state index < -0.39 is 10.0 Å². The highest BCUT2D eigenvalue weighted by atomic mass is 35.5. The van der Waals surface area contributed by atoms with Crippen molar-refractivity contribution in [3.05, 3.63) is 60.7 Å². The Morgan fingerprint density at radius 2 is 1.92 bits per heavy atom. The number of imidazole rings is 1. The maximum atomic E-state index is 13.5. The maximum absolute atomic E-state index is 13.5. The smallest absolute Gasteiger partial charge is 0.244 e. The Morgan fingerprint density at radius 3 is 2.69 bits per heavy atom. The van der Waals surface area contributed by atoms with Crippen molar-refractivity contribution < 1.29 is 8.42 Å². The molecule has 3 aromatic rings. The molecule has 1 saturated heterocycles. The van der Waals surface area contributed by atoms with E-state index in [0.717, 1.165) is 16.6 Å². The van der Waals surface area contributed by atoms with Crippen LogP contribution in [0.25, 0.3) is 10.8 Å². The van der Waals surface area contributed by atoms with E-state index in [9.17, 15) is 8.42 Å². The first-order valence-corrected chi connectivity index (χ1v) is 9.70. The molecule has 0 amide bonds. The van der Waals surface area contributed by atoms with E-state index in [-0.39, 0.29) is 18.4 Å². The van der Waals surface area contributed by atoms with Gasteiger partial charge in [-0.05, 0) is 11.5 Å². The third-order valence-corrected chi connectivity index (χ3v) is 6.65. The molecule has 138 valence electrons. The van der Waals surface area contributed by atoms with Gasteiger partial charge in [-0.15, -0.1) is 12.4 Å². The van der Waals surface area contributed by atoms with Gasteiger partial charge < -0.3 is 9.88 Å². The van der Waals surface area contributed by atoms with Gasteiger partial charge in [0.05, 0.1) is 10.9 Å². The number of aryl methyl sites for hydroxylation is 1. The molecule has 2 heterocycles. The van der Waals surface area contributed by atoms with Crippen LogP contribution in [0, 0.1) is 0 Å². The first-order valence-electron chi connectivity index (χ1n) is 8.26. The van der Waals surface area contributed by atoms with Gasteiger partial charge in [-0.3, -0.25) is 0 Å². The number of aromatic nitrogens is 2. The minimum Gasteiger partial charge on any atom is -0.337 e. The summed E-state index contributed by atoms with van der Waals surface area (Å²) in [5, 5.41) is 4.96. The number of rotatable bonds is 3. The molecule has 26 heavy (non-hydrogen) atoms. The van der Waals surface area contributed by atoms with E-state index in [4.69, 9.17) is 0 Å². The molecule has 2 aromatic carbocycles. The zero-order valence-electron chi connectivity index (χ0n) is 14.4. The summed E-state index contributed by atoms with van der Waals surface area (Å²) in [6.45, 7) is 1.60. The van der Waals surface area contributed by atoms with Crippen LogP contribution in [0.5, 0.6) is 0 Å². The number of piperazine rings is 1. The summed E-state index contributed by atoms with van der Waals surface area (Å²) in [4.78, 5) is 4.73. The van der Waals surface area contributed by atoms with Gasteiger partial charge in [0.2, 0.25) is 10.0 Å². The van der Waals surface area contributed by atoms with Gasteiger partial charge in [-0.25, -0.2) is 13.4 Å². The lowest BCUT2D eigenvalue weighted by atomic mass is 10.1. The highest BCUT2D eigenvalue weighted by Crippen LogP contribution is 2.31. The lowest BCUT2D eigenvalue weighted by Crippen LogP contribution is -2.49.